The van der Waals surface area contributed by atoms with Crippen LogP contribution in [0.4, 0.5) is 8.78 Å². The lowest BCUT2D eigenvalue weighted by Gasteiger charge is -2.28. The van der Waals surface area contributed by atoms with E-state index in [1.807, 2.05) is 0 Å². The Hall–Kier alpha value is -3.36. The Morgan fingerprint density at radius 3 is 2.30 bits per heavy atom. The lowest BCUT2D eigenvalue weighted by atomic mass is 9.83. The van der Waals surface area contributed by atoms with Crippen molar-refractivity contribution < 1.29 is 26.7 Å². The van der Waals surface area contributed by atoms with Gasteiger partial charge in [-0.05, 0) is 36.4 Å². The maximum Gasteiger partial charge on any atom is 0.238 e. The van der Waals surface area contributed by atoms with Gasteiger partial charge >= 0.3 is 0 Å². The fourth-order valence-electron chi connectivity index (χ4n) is 3.44. The van der Waals surface area contributed by atoms with Crippen molar-refractivity contribution >= 4 is 27.6 Å². The highest BCUT2D eigenvalue weighted by molar-refractivity contribution is 7.89. The van der Waals surface area contributed by atoms with Crippen LogP contribution in [-0.4, -0.2) is 14.7 Å². The van der Waals surface area contributed by atoms with Gasteiger partial charge in [0.15, 0.2) is 0 Å². The molecule has 1 atom stereocenters. The molecule has 0 saturated heterocycles. The van der Waals surface area contributed by atoms with Crippen LogP contribution in [0.15, 0.2) is 71.6 Å². The van der Waals surface area contributed by atoms with Gasteiger partial charge < -0.3 is 9.53 Å². The van der Waals surface area contributed by atoms with E-state index in [2.05, 4.69) is 0 Å². The normalized spacial score (nSPS) is 16.0. The van der Waals surface area contributed by atoms with Gasteiger partial charge in [-0.3, -0.25) is 0 Å². The molecule has 0 aliphatic carbocycles. The number of hydrogen-bond donors (Lipinski definition) is 1. The molecule has 0 saturated carbocycles. The summed E-state index contributed by atoms with van der Waals surface area (Å²) in [7, 11) is -3.92. The molecule has 3 aromatic carbocycles. The molecule has 2 N–H and O–H groups in total. The first-order valence-corrected chi connectivity index (χ1v) is 10.4. The molecule has 1 unspecified atom stereocenters. The maximum atomic E-state index is 14.7. The van der Waals surface area contributed by atoms with Crippen LogP contribution in [0.2, 0.25) is 0 Å². The molecule has 0 bridgehead atoms. The lowest BCUT2D eigenvalue weighted by molar-refractivity contribution is -0.108. The van der Waals surface area contributed by atoms with Crippen molar-refractivity contribution in [3.8, 4) is 5.75 Å². The average Bonchev–Trinajstić information content (AvgIpc) is 2.72. The largest absolute Gasteiger partial charge is 0.456 e. The molecule has 4 rings (SSSR count). The Balaban J connectivity index is 1.98. The zero-order valence-electron chi connectivity index (χ0n) is 15.4. The Morgan fingerprint density at radius 1 is 0.967 bits per heavy atom. The number of ether oxygens (including phenoxy) is 1. The highest BCUT2D eigenvalue weighted by Gasteiger charge is 2.33. The number of sulfonamides is 1. The minimum absolute atomic E-state index is 0.117. The van der Waals surface area contributed by atoms with E-state index in [1.54, 1.807) is 6.07 Å². The molecule has 0 aromatic heterocycles. The van der Waals surface area contributed by atoms with E-state index >= 15 is 0 Å². The van der Waals surface area contributed by atoms with Gasteiger partial charge in [0.1, 0.15) is 29.4 Å². The number of nitrogens with two attached hydrogens (primary N) is 1. The molecule has 0 amide bonds. The predicted octanol–water partition coefficient (Wildman–Crippen LogP) is 3.86. The van der Waals surface area contributed by atoms with Gasteiger partial charge in [0.2, 0.25) is 10.0 Å². The third-order valence-corrected chi connectivity index (χ3v) is 5.75. The van der Waals surface area contributed by atoms with E-state index in [-0.39, 0.29) is 27.5 Å². The standard InChI is InChI=1S/C22H15F2NO4S/c23-14-7-10-16-18(12-26)21(17-3-1-2-4-19(17)24)22(29-20(16)11-14)13-5-8-15(9-6-13)30(25,27)28/h1-12,18H,(H2,25,27,28). The minimum Gasteiger partial charge on any atom is -0.456 e. The number of allylic oxidation sites excluding steroid dienone is 1. The van der Waals surface area contributed by atoms with Crippen LogP contribution < -0.4 is 9.88 Å². The van der Waals surface area contributed by atoms with Crippen molar-refractivity contribution in [1.29, 1.82) is 0 Å². The first-order chi connectivity index (χ1) is 14.3. The molecule has 1 aliphatic rings. The van der Waals surface area contributed by atoms with Gasteiger partial charge in [0, 0.05) is 28.3 Å². The summed E-state index contributed by atoms with van der Waals surface area (Å²) in [5, 5.41) is 5.14. The Morgan fingerprint density at radius 2 is 1.67 bits per heavy atom. The number of aldehydes is 1. The summed E-state index contributed by atoms with van der Waals surface area (Å²) >= 11 is 0. The van der Waals surface area contributed by atoms with E-state index in [0.717, 1.165) is 6.07 Å². The summed E-state index contributed by atoms with van der Waals surface area (Å²) in [6, 6.07) is 15.1. The smallest absolute Gasteiger partial charge is 0.238 e. The van der Waals surface area contributed by atoms with Crippen LogP contribution in [-0.2, 0) is 14.8 Å². The highest BCUT2D eigenvalue weighted by atomic mass is 32.2. The van der Waals surface area contributed by atoms with Crippen molar-refractivity contribution in [2.75, 3.05) is 0 Å². The fraction of sp³-hybridized carbons (Fsp3) is 0.0455. The summed E-state index contributed by atoms with van der Waals surface area (Å²) in [6.07, 6.45) is 0.639. The van der Waals surface area contributed by atoms with Crippen LogP contribution >= 0.6 is 0 Å². The molecular formula is C22H15F2NO4S. The maximum absolute atomic E-state index is 14.7. The summed E-state index contributed by atoms with van der Waals surface area (Å²) in [4.78, 5) is 11.9. The number of rotatable bonds is 4. The molecule has 0 fully saturated rings. The second-order valence-electron chi connectivity index (χ2n) is 6.69. The molecule has 5 nitrogen and oxygen atoms in total. The van der Waals surface area contributed by atoms with Gasteiger partial charge in [-0.15, -0.1) is 0 Å². The summed E-state index contributed by atoms with van der Waals surface area (Å²) < 4.78 is 57.5. The van der Waals surface area contributed by atoms with Crippen molar-refractivity contribution in [1.82, 2.24) is 0 Å². The third-order valence-electron chi connectivity index (χ3n) is 4.82. The average molecular weight is 427 g/mol. The van der Waals surface area contributed by atoms with Crippen molar-refractivity contribution in [3.63, 3.8) is 0 Å². The summed E-state index contributed by atoms with van der Waals surface area (Å²) in [5.74, 6) is -1.79. The molecule has 30 heavy (non-hydrogen) atoms. The molecule has 152 valence electrons. The first kappa shape index (κ1) is 19.9. The number of carbonyl (C=O) groups is 1. The van der Waals surface area contributed by atoms with Crippen LogP contribution in [0.3, 0.4) is 0 Å². The molecule has 3 aromatic rings. The SMILES string of the molecule is NS(=O)(=O)c1ccc(C2=C(c3ccccc3F)C(C=O)c3ccc(F)cc3O2)cc1. The second kappa shape index (κ2) is 7.47. The van der Waals surface area contributed by atoms with E-state index in [1.165, 1.54) is 54.6 Å². The van der Waals surface area contributed by atoms with Crippen LogP contribution in [0.1, 0.15) is 22.6 Å². The molecule has 0 radical (unpaired) electrons. The van der Waals surface area contributed by atoms with Gasteiger partial charge in [0.05, 0.1) is 10.8 Å². The molecular weight excluding hydrogens is 412 g/mol. The third kappa shape index (κ3) is 3.51. The number of halogens is 2. The van der Waals surface area contributed by atoms with Crippen molar-refractivity contribution in [2.45, 2.75) is 10.8 Å². The number of hydrogen-bond acceptors (Lipinski definition) is 4. The minimum atomic E-state index is -3.92. The van der Waals surface area contributed by atoms with Gasteiger partial charge in [-0.1, -0.05) is 24.3 Å². The van der Waals surface area contributed by atoms with Crippen molar-refractivity contribution in [3.05, 3.63) is 95.1 Å². The summed E-state index contributed by atoms with van der Waals surface area (Å²) in [5.41, 5.74) is 1.18. The van der Waals surface area contributed by atoms with Crippen molar-refractivity contribution in [2.24, 2.45) is 5.14 Å². The van der Waals surface area contributed by atoms with Crippen LogP contribution in [0.25, 0.3) is 11.3 Å². The quantitative estimate of drug-likeness (QED) is 0.641. The Labute approximate surface area is 171 Å². The monoisotopic (exact) mass is 427 g/mol. The zero-order valence-corrected chi connectivity index (χ0v) is 16.2. The van der Waals surface area contributed by atoms with E-state index in [9.17, 15) is 22.0 Å². The first-order valence-electron chi connectivity index (χ1n) is 8.84. The van der Waals surface area contributed by atoms with Gasteiger partial charge in [-0.2, -0.15) is 0 Å². The Kier molecular flexibility index (Phi) is 4.97. The molecule has 1 aliphatic heterocycles. The zero-order chi connectivity index (χ0) is 21.5. The molecule has 0 spiro atoms. The van der Waals surface area contributed by atoms with Crippen LogP contribution in [0, 0.1) is 11.6 Å². The lowest BCUT2D eigenvalue weighted by Crippen LogP contribution is -2.17. The van der Waals surface area contributed by atoms with Crippen LogP contribution in [0.5, 0.6) is 5.75 Å². The molecule has 1 heterocycles. The summed E-state index contributed by atoms with van der Waals surface area (Å²) in [6.45, 7) is 0. The Bertz CT molecular complexity index is 1280. The second-order valence-corrected chi connectivity index (χ2v) is 8.25. The van der Waals surface area contributed by atoms with E-state index in [0.29, 0.717) is 17.4 Å². The van der Waals surface area contributed by atoms with Gasteiger partial charge in [0.25, 0.3) is 0 Å². The molecule has 8 heteroatoms. The van der Waals surface area contributed by atoms with Gasteiger partial charge in [-0.25, -0.2) is 22.3 Å². The highest BCUT2D eigenvalue weighted by Crippen LogP contribution is 2.46. The van der Waals surface area contributed by atoms with E-state index in [4.69, 9.17) is 9.88 Å². The number of fused-ring (bicyclic) bond motifs is 1. The topological polar surface area (TPSA) is 86.5 Å². The fourth-order valence-corrected chi connectivity index (χ4v) is 3.95. The van der Waals surface area contributed by atoms with E-state index < -0.39 is 27.6 Å². The number of carbonyl (C=O) groups excluding carboxylic acids is 1. The number of benzene rings is 3. The predicted molar refractivity (Wildman–Crippen MR) is 107 cm³/mol. The number of primary sulfonamides is 1.